The van der Waals surface area contributed by atoms with Gasteiger partial charge in [0.25, 0.3) is 0 Å². The number of hydrogen-bond acceptors (Lipinski definition) is 10. The number of H-pyrrole nitrogens is 1. The molecule has 2 fully saturated rings. The molecule has 11 nitrogen and oxygen atoms in total. The number of rotatable bonds is 9. The minimum atomic E-state index is -0.645. The minimum Gasteiger partial charge on any atom is -0.497 e. The number of esters is 2. The molecule has 0 spiro atoms. The Bertz CT molecular complexity index is 1610. The van der Waals surface area contributed by atoms with Gasteiger partial charge in [0.15, 0.2) is 11.5 Å². The van der Waals surface area contributed by atoms with E-state index in [0.717, 1.165) is 37.2 Å². The molecule has 1 saturated carbocycles. The van der Waals surface area contributed by atoms with Gasteiger partial charge in [0.05, 0.1) is 47.5 Å². The van der Waals surface area contributed by atoms with Gasteiger partial charge < -0.3 is 38.1 Å². The van der Waals surface area contributed by atoms with Crippen molar-refractivity contribution in [3.63, 3.8) is 0 Å². The summed E-state index contributed by atoms with van der Waals surface area (Å²) in [6.07, 6.45) is 4.01. The van der Waals surface area contributed by atoms with Crippen molar-refractivity contribution in [3.8, 4) is 23.0 Å². The first kappa shape index (κ1) is 31.7. The van der Waals surface area contributed by atoms with Gasteiger partial charge in [-0.05, 0) is 72.6 Å². The number of benzene rings is 2. The van der Waals surface area contributed by atoms with Gasteiger partial charge in [-0.25, -0.2) is 4.79 Å². The van der Waals surface area contributed by atoms with Crippen molar-refractivity contribution in [1.82, 2.24) is 9.88 Å². The first-order valence-electron chi connectivity index (χ1n) is 15.6. The van der Waals surface area contributed by atoms with Gasteiger partial charge in [-0.15, -0.1) is 0 Å². The van der Waals surface area contributed by atoms with Gasteiger partial charge in [0, 0.05) is 48.9 Å². The molecule has 1 saturated heterocycles. The van der Waals surface area contributed by atoms with Gasteiger partial charge in [-0.3, -0.25) is 9.69 Å². The highest BCUT2D eigenvalue weighted by Gasteiger charge is 2.54. The summed E-state index contributed by atoms with van der Waals surface area (Å²) in [6.45, 7) is 1.70. The van der Waals surface area contributed by atoms with Crippen LogP contribution >= 0.6 is 0 Å². The van der Waals surface area contributed by atoms with Crippen LogP contribution in [0.25, 0.3) is 17.0 Å². The van der Waals surface area contributed by atoms with Gasteiger partial charge in [0.1, 0.15) is 18.0 Å². The lowest BCUT2D eigenvalue weighted by Crippen LogP contribution is -2.58. The monoisotopic (exact) mass is 634 g/mol. The third-order valence-electron chi connectivity index (χ3n) is 9.97. The molecule has 0 radical (unpaired) electrons. The van der Waals surface area contributed by atoms with Crippen molar-refractivity contribution >= 4 is 28.9 Å². The molecule has 2 aliphatic heterocycles. The van der Waals surface area contributed by atoms with Crippen LogP contribution in [0, 0.1) is 17.8 Å². The van der Waals surface area contributed by atoms with Crippen LogP contribution in [-0.2, 0) is 30.2 Å². The van der Waals surface area contributed by atoms with E-state index in [1.165, 1.54) is 51.2 Å². The Balaban J connectivity index is 1.23. The van der Waals surface area contributed by atoms with E-state index in [0.29, 0.717) is 29.2 Å². The number of piperidine rings is 1. The number of nitrogens with one attached hydrogen (secondary N) is 1. The highest BCUT2D eigenvalue weighted by Crippen LogP contribution is 2.50. The molecule has 246 valence electrons. The van der Waals surface area contributed by atoms with E-state index in [-0.39, 0.29) is 23.8 Å². The Labute approximate surface area is 268 Å². The predicted octanol–water partition coefficient (Wildman–Crippen LogP) is 4.57. The van der Waals surface area contributed by atoms with E-state index in [1.54, 1.807) is 32.4 Å². The molecule has 6 rings (SSSR count). The molecule has 0 amide bonds. The van der Waals surface area contributed by atoms with Crippen molar-refractivity contribution in [1.29, 1.82) is 0 Å². The van der Waals surface area contributed by atoms with Gasteiger partial charge in [-0.2, -0.15) is 0 Å². The van der Waals surface area contributed by atoms with Crippen molar-refractivity contribution in [2.24, 2.45) is 17.8 Å². The average molecular weight is 635 g/mol. The molecule has 3 aromatic rings. The van der Waals surface area contributed by atoms with E-state index in [4.69, 9.17) is 33.2 Å². The summed E-state index contributed by atoms with van der Waals surface area (Å²) in [5, 5.41) is 1.21. The molecule has 1 unspecified atom stereocenters. The molecule has 3 heterocycles. The van der Waals surface area contributed by atoms with E-state index < -0.39 is 24.1 Å². The highest BCUT2D eigenvalue weighted by molar-refractivity contribution is 5.88. The second-order valence-electron chi connectivity index (χ2n) is 12.1. The minimum absolute atomic E-state index is 0.00438. The summed E-state index contributed by atoms with van der Waals surface area (Å²) in [7, 11) is 9.24. The molecule has 6 atom stereocenters. The Hall–Kier alpha value is -4.22. The number of nitrogens with zero attached hydrogens (tertiary/aromatic N) is 1. The summed E-state index contributed by atoms with van der Waals surface area (Å²) in [6, 6.07) is 9.78. The Kier molecular flexibility index (Phi) is 9.15. The van der Waals surface area contributed by atoms with Gasteiger partial charge >= 0.3 is 11.9 Å². The van der Waals surface area contributed by atoms with Crippen LogP contribution in [0.5, 0.6) is 23.0 Å². The predicted molar refractivity (Wildman–Crippen MR) is 170 cm³/mol. The fraction of sp³-hybridized carbons (Fsp3) is 0.486. The van der Waals surface area contributed by atoms with Crippen LogP contribution in [0.4, 0.5) is 0 Å². The third-order valence-corrected chi connectivity index (χ3v) is 9.97. The SMILES string of the molecule is COC(=O)[C@@H]1[C@@H](OC)[C@H](OC(=O)/C=C/c2cc(OC)c(OC)c(OC)c2)CC2CN3CCc4c([nH]c5cc(OC)ccc45)[C@H]3C[C@@H]21. The maximum absolute atomic E-state index is 13.4. The lowest BCUT2D eigenvalue weighted by atomic mass is 9.63. The van der Waals surface area contributed by atoms with Crippen molar-refractivity contribution in [3.05, 3.63) is 53.2 Å². The van der Waals surface area contributed by atoms with Crippen LogP contribution in [0.15, 0.2) is 36.4 Å². The summed E-state index contributed by atoms with van der Waals surface area (Å²) in [5.74, 6) is 0.873. The van der Waals surface area contributed by atoms with E-state index in [9.17, 15) is 9.59 Å². The molecule has 46 heavy (non-hydrogen) atoms. The number of methoxy groups -OCH3 is 6. The van der Waals surface area contributed by atoms with Crippen LogP contribution in [0.2, 0.25) is 0 Å². The van der Waals surface area contributed by atoms with Gasteiger partial charge in [-0.1, -0.05) is 0 Å². The Morgan fingerprint density at radius 1 is 0.935 bits per heavy atom. The molecule has 1 aromatic heterocycles. The molecule has 1 N–H and O–H groups in total. The van der Waals surface area contributed by atoms with Crippen LogP contribution in [0.3, 0.4) is 0 Å². The first-order valence-corrected chi connectivity index (χ1v) is 15.6. The molecule has 0 bridgehead atoms. The third kappa shape index (κ3) is 5.66. The highest BCUT2D eigenvalue weighted by atomic mass is 16.6. The van der Waals surface area contributed by atoms with Crippen LogP contribution in [0.1, 0.15) is 35.7 Å². The lowest BCUT2D eigenvalue weighted by molar-refractivity contribution is -0.187. The topological polar surface area (TPSA) is 118 Å². The Morgan fingerprint density at radius 3 is 2.35 bits per heavy atom. The Morgan fingerprint density at radius 2 is 1.70 bits per heavy atom. The maximum Gasteiger partial charge on any atom is 0.331 e. The van der Waals surface area contributed by atoms with Gasteiger partial charge in [0.2, 0.25) is 5.75 Å². The van der Waals surface area contributed by atoms with Crippen molar-refractivity contribution in [2.45, 2.75) is 37.5 Å². The molecule has 1 aliphatic carbocycles. The zero-order chi connectivity index (χ0) is 32.5. The normalized spacial score (nSPS) is 25.7. The van der Waals surface area contributed by atoms with Crippen molar-refractivity contribution < 1.29 is 42.7 Å². The summed E-state index contributed by atoms with van der Waals surface area (Å²) < 4.78 is 39.0. The molecular weight excluding hydrogens is 592 g/mol. The van der Waals surface area contributed by atoms with Crippen LogP contribution in [-0.4, -0.2) is 89.8 Å². The summed E-state index contributed by atoms with van der Waals surface area (Å²) in [5.41, 5.74) is 4.26. The maximum atomic E-state index is 13.4. The number of hydrogen-bond donors (Lipinski definition) is 1. The zero-order valence-corrected chi connectivity index (χ0v) is 27.2. The fourth-order valence-electron chi connectivity index (χ4n) is 7.91. The van der Waals surface area contributed by atoms with Crippen molar-refractivity contribution in [2.75, 3.05) is 55.7 Å². The molecule has 2 aromatic carbocycles. The average Bonchev–Trinajstić information content (AvgIpc) is 3.46. The lowest BCUT2D eigenvalue weighted by Gasteiger charge is -2.52. The summed E-state index contributed by atoms with van der Waals surface area (Å²) in [4.78, 5) is 32.8. The number of ether oxygens (including phenoxy) is 7. The quantitative estimate of drug-likeness (QED) is 0.265. The molecule has 11 heteroatoms. The number of aromatic amines is 1. The number of carbonyl (C=O) groups excluding carboxylic acids is 2. The molecular formula is C35H42N2O9. The second-order valence-corrected chi connectivity index (χ2v) is 12.1. The first-order chi connectivity index (χ1) is 22.3. The largest absolute Gasteiger partial charge is 0.497 e. The van der Waals surface area contributed by atoms with E-state index in [2.05, 4.69) is 16.0 Å². The summed E-state index contributed by atoms with van der Waals surface area (Å²) >= 11 is 0. The van der Waals surface area contributed by atoms with Crippen LogP contribution < -0.4 is 18.9 Å². The fourth-order valence-corrected chi connectivity index (χ4v) is 7.91. The smallest absolute Gasteiger partial charge is 0.331 e. The number of carbonyl (C=O) groups is 2. The number of fused-ring (bicyclic) bond motifs is 6. The van der Waals surface area contributed by atoms with E-state index in [1.807, 2.05) is 12.1 Å². The standard InChI is InChI=1S/C35H42N2O9/c1-40-21-8-9-22-23-11-12-37-18-20-15-29(46-30(38)10-7-19-13-27(41-2)33(43-4)28(14-19)42-3)34(44-5)31(35(39)45-6)24(20)17-26(37)32(23)36-25(22)16-21/h7-10,13-14,16,20,24,26,29,31,34,36H,11-12,15,17-18H2,1-6H3/b10-7+/t20?,24-,26+,29+,31-,34-/m0/s1. The number of aromatic nitrogens is 1. The zero-order valence-electron chi connectivity index (χ0n) is 27.2. The van der Waals surface area contributed by atoms with E-state index >= 15 is 0 Å². The molecule has 3 aliphatic rings. The second kappa shape index (κ2) is 13.3.